The van der Waals surface area contributed by atoms with Crippen LogP contribution in [-0.2, 0) is 4.74 Å². The molecule has 0 rings (SSSR count). The third-order valence-corrected chi connectivity index (χ3v) is 3.46. The van der Waals surface area contributed by atoms with E-state index in [4.69, 9.17) is 4.74 Å². The average molecular weight is 303 g/mol. The summed E-state index contributed by atoms with van der Waals surface area (Å²) in [7, 11) is 14.8. The molecule has 1 atom stereocenters. The first-order valence-electron chi connectivity index (χ1n) is 7.91. The van der Waals surface area contributed by atoms with Crippen LogP contribution < -0.4 is 0 Å². The molecule has 5 nitrogen and oxygen atoms in total. The summed E-state index contributed by atoms with van der Waals surface area (Å²) in [6.45, 7) is 8.27. The molecule has 0 spiro atoms. The van der Waals surface area contributed by atoms with E-state index < -0.39 is 0 Å². The van der Waals surface area contributed by atoms with Gasteiger partial charge in [0.2, 0.25) is 0 Å². The van der Waals surface area contributed by atoms with Crippen molar-refractivity contribution < 1.29 is 4.74 Å². The predicted octanol–water partition coefficient (Wildman–Crippen LogP) is 0.765. The molecule has 0 fully saturated rings. The van der Waals surface area contributed by atoms with Crippen LogP contribution in [0.2, 0.25) is 0 Å². The highest BCUT2D eigenvalue weighted by Gasteiger charge is 2.21. The van der Waals surface area contributed by atoms with Gasteiger partial charge in [-0.25, -0.2) is 0 Å². The standard InChI is InChI=1S/C16H38N4O/c1-14(2)20(9)13-16(12-19(7)8)21-15(10-17(3)4)11-18(5)6/h14-16H,10-13H2,1-9H3. The molecule has 21 heavy (non-hydrogen) atoms. The van der Waals surface area contributed by atoms with Gasteiger partial charge < -0.3 is 24.3 Å². The Bertz CT molecular complexity index is 247. The van der Waals surface area contributed by atoms with Crippen molar-refractivity contribution in [2.45, 2.75) is 32.1 Å². The van der Waals surface area contributed by atoms with E-state index in [0.717, 1.165) is 26.2 Å². The summed E-state index contributed by atoms with van der Waals surface area (Å²) in [6.07, 6.45) is 0.470. The van der Waals surface area contributed by atoms with Crippen LogP contribution in [0.4, 0.5) is 0 Å². The van der Waals surface area contributed by atoms with Crippen molar-refractivity contribution in [3.8, 4) is 0 Å². The van der Waals surface area contributed by atoms with Gasteiger partial charge in [-0.1, -0.05) is 0 Å². The fraction of sp³-hybridized carbons (Fsp3) is 1.00. The molecule has 0 bridgehead atoms. The second kappa shape index (κ2) is 10.5. The van der Waals surface area contributed by atoms with E-state index in [0.29, 0.717) is 6.04 Å². The Hall–Kier alpha value is -0.200. The summed E-state index contributed by atoms with van der Waals surface area (Å²) in [6, 6.07) is 0.541. The highest BCUT2D eigenvalue weighted by atomic mass is 16.5. The molecule has 0 aromatic rings. The summed E-state index contributed by atoms with van der Waals surface area (Å²) in [5, 5.41) is 0. The average Bonchev–Trinajstić information content (AvgIpc) is 2.25. The number of ether oxygens (including phenoxy) is 1. The van der Waals surface area contributed by atoms with Crippen molar-refractivity contribution in [2.75, 3.05) is 75.5 Å². The molecule has 0 amide bonds. The Morgan fingerprint density at radius 2 is 0.952 bits per heavy atom. The smallest absolute Gasteiger partial charge is 0.0833 e. The number of hydrogen-bond acceptors (Lipinski definition) is 5. The van der Waals surface area contributed by atoms with E-state index in [1.54, 1.807) is 0 Å². The van der Waals surface area contributed by atoms with Gasteiger partial charge in [0.1, 0.15) is 0 Å². The first kappa shape index (κ1) is 20.8. The zero-order valence-electron chi connectivity index (χ0n) is 15.8. The van der Waals surface area contributed by atoms with E-state index in [9.17, 15) is 0 Å². The first-order valence-corrected chi connectivity index (χ1v) is 7.91. The minimum Gasteiger partial charge on any atom is -0.370 e. The molecule has 0 heterocycles. The highest BCUT2D eigenvalue weighted by Crippen LogP contribution is 2.07. The number of likely N-dealkylation sites (N-methyl/N-ethyl adjacent to an activating group) is 4. The summed E-state index contributed by atoms with van der Waals surface area (Å²) >= 11 is 0. The number of rotatable bonds is 11. The second-order valence-electron chi connectivity index (χ2n) is 7.20. The van der Waals surface area contributed by atoms with Crippen molar-refractivity contribution in [3.63, 3.8) is 0 Å². The lowest BCUT2D eigenvalue weighted by molar-refractivity contribution is -0.0549. The Kier molecular flexibility index (Phi) is 10.4. The Morgan fingerprint density at radius 1 is 0.619 bits per heavy atom. The third-order valence-electron chi connectivity index (χ3n) is 3.46. The lowest BCUT2D eigenvalue weighted by Crippen LogP contribution is -2.46. The molecule has 0 aliphatic carbocycles. The van der Waals surface area contributed by atoms with Crippen LogP contribution in [0.3, 0.4) is 0 Å². The molecule has 1 unspecified atom stereocenters. The molecule has 0 radical (unpaired) electrons. The van der Waals surface area contributed by atoms with Crippen molar-refractivity contribution in [2.24, 2.45) is 0 Å². The lowest BCUT2D eigenvalue weighted by Gasteiger charge is -2.33. The fourth-order valence-corrected chi connectivity index (χ4v) is 2.31. The van der Waals surface area contributed by atoms with Gasteiger partial charge >= 0.3 is 0 Å². The fourth-order valence-electron chi connectivity index (χ4n) is 2.31. The Morgan fingerprint density at radius 3 is 1.24 bits per heavy atom. The van der Waals surface area contributed by atoms with Gasteiger partial charge in [0.05, 0.1) is 12.2 Å². The Balaban J connectivity index is 4.69. The summed E-state index contributed by atoms with van der Waals surface area (Å²) in [5.41, 5.74) is 0. The predicted molar refractivity (Wildman–Crippen MR) is 92.1 cm³/mol. The molecule has 0 aromatic heterocycles. The molecule has 0 saturated heterocycles. The molecule has 0 aliphatic rings. The topological polar surface area (TPSA) is 22.2 Å². The maximum atomic E-state index is 6.44. The molecular weight excluding hydrogens is 264 g/mol. The Labute approximate surface area is 132 Å². The first-order chi connectivity index (χ1) is 9.61. The van der Waals surface area contributed by atoms with Crippen molar-refractivity contribution in [1.82, 2.24) is 19.6 Å². The van der Waals surface area contributed by atoms with Crippen molar-refractivity contribution in [3.05, 3.63) is 0 Å². The van der Waals surface area contributed by atoms with E-state index in [1.807, 2.05) is 0 Å². The molecule has 0 aliphatic heterocycles. The zero-order chi connectivity index (χ0) is 16.6. The van der Waals surface area contributed by atoms with Gasteiger partial charge in [-0.05, 0) is 63.2 Å². The van der Waals surface area contributed by atoms with Crippen LogP contribution >= 0.6 is 0 Å². The van der Waals surface area contributed by atoms with Crippen LogP contribution in [-0.4, -0.2) is 113 Å². The van der Waals surface area contributed by atoms with Gasteiger partial charge in [-0.15, -0.1) is 0 Å². The molecule has 0 N–H and O–H groups in total. The van der Waals surface area contributed by atoms with Crippen molar-refractivity contribution >= 4 is 0 Å². The van der Waals surface area contributed by atoms with E-state index in [2.05, 4.69) is 82.8 Å². The van der Waals surface area contributed by atoms with Gasteiger partial charge in [0, 0.05) is 32.2 Å². The summed E-state index contributed by atoms with van der Waals surface area (Å²) in [4.78, 5) is 8.97. The minimum absolute atomic E-state index is 0.234. The molecule has 0 aromatic carbocycles. The molecular formula is C16H38N4O. The van der Waals surface area contributed by atoms with E-state index >= 15 is 0 Å². The van der Waals surface area contributed by atoms with E-state index in [1.165, 1.54) is 0 Å². The van der Waals surface area contributed by atoms with Gasteiger partial charge in [-0.2, -0.15) is 0 Å². The monoisotopic (exact) mass is 302 g/mol. The maximum Gasteiger partial charge on any atom is 0.0833 e. The normalized spacial score (nSPS) is 14.4. The van der Waals surface area contributed by atoms with Crippen LogP contribution in [0.15, 0.2) is 0 Å². The zero-order valence-corrected chi connectivity index (χ0v) is 15.8. The maximum absolute atomic E-state index is 6.44. The van der Waals surface area contributed by atoms with Crippen LogP contribution in [0.25, 0.3) is 0 Å². The highest BCUT2D eigenvalue weighted by molar-refractivity contribution is 4.73. The van der Waals surface area contributed by atoms with Crippen LogP contribution in [0.1, 0.15) is 13.8 Å². The van der Waals surface area contributed by atoms with E-state index in [-0.39, 0.29) is 12.2 Å². The summed E-state index contributed by atoms with van der Waals surface area (Å²) in [5.74, 6) is 0. The van der Waals surface area contributed by atoms with Crippen LogP contribution in [0, 0.1) is 0 Å². The number of nitrogens with zero attached hydrogens (tertiary/aromatic N) is 4. The lowest BCUT2D eigenvalue weighted by atomic mass is 10.2. The molecule has 0 saturated carbocycles. The van der Waals surface area contributed by atoms with Crippen molar-refractivity contribution in [1.29, 1.82) is 0 Å². The van der Waals surface area contributed by atoms with Gasteiger partial charge in [0.25, 0.3) is 0 Å². The van der Waals surface area contributed by atoms with Crippen LogP contribution in [0.5, 0.6) is 0 Å². The quantitative estimate of drug-likeness (QED) is 0.561. The second-order valence-corrected chi connectivity index (χ2v) is 7.20. The molecule has 128 valence electrons. The minimum atomic E-state index is 0.234. The van der Waals surface area contributed by atoms with Gasteiger partial charge in [-0.3, -0.25) is 0 Å². The SMILES string of the molecule is CC(C)N(C)CC(CN(C)C)OC(CN(C)C)CN(C)C. The molecule has 5 heteroatoms. The summed E-state index contributed by atoms with van der Waals surface area (Å²) < 4.78 is 6.44. The van der Waals surface area contributed by atoms with Gasteiger partial charge in [0.15, 0.2) is 0 Å². The number of hydrogen-bond donors (Lipinski definition) is 0. The third kappa shape index (κ3) is 11.1. The largest absolute Gasteiger partial charge is 0.370 e.